The summed E-state index contributed by atoms with van der Waals surface area (Å²) in [7, 11) is 0. The summed E-state index contributed by atoms with van der Waals surface area (Å²) >= 11 is 7.33. The van der Waals surface area contributed by atoms with Gasteiger partial charge in [-0.2, -0.15) is 0 Å². The second-order valence-corrected chi connectivity index (χ2v) is 4.65. The van der Waals surface area contributed by atoms with E-state index in [9.17, 15) is 0 Å². The van der Waals surface area contributed by atoms with Crippen LogP contribution in [0.25, 0.3) is 0 Å². The fourth-order valence-corrected chi connectivity index (χ4v) is 1.95. The first-order chi connectivity index (χ1) is 8.71. The SMILES string of the molecule is CCc1cnc(CNc2cc(Cl)nc(SC)n2)o1. The van der Waals surface area contributed by atoms with Crippen molar-refractivity contribution < 1.29 is 4.42 Å². The predicted molar refractivity (Wildman–Crippen MR) is 72.0 cm³/mol. The van der Waals surface area contributed by atoms with Gasteiger partial charge in [-0.1, -0.05) is 30.3 Å². The summed E-state index contributed by atoms with van der Waals surface area (Å²) in [4.78, 5) is 12.5. The second kappa shape index (κ2) is 6.06. The van der Waals surface area contributed by atoms with Crippen molar-refractivity contribution in [3.8, 4) is 0 Å². The van der Waals surface area contributed by atoms with E-state index in [1.807, 2.05) is 13.2 Å². The van der Waals surface area contributed by atoms with Crippen molar-refractivity contribution in [2.75, 3.05) is 11.6 Å². The van der Waals surface area contributed by atoms with Crippen molar-refractivity contribution in [3.63, 3.8) is 0 Å². The van der Waals surface area contributed by atoms with Gasteiger partial charge in [-0.25, -0.2) is 15.0 Å². The average Bonchev–Trinajstić information content (AvgIpc) is 2.83. The molecule has 0 radical (unpaired) electrons. The zero-order chi connectivity index (χ0) is 13.0. The summed E-state index contributed by atoms with van der Waals surface area (Å²) in [6, 6.07) is 1.67. The molecule has 0 aliphatic heterocycles. The summed E-state index contributed by atoms with van der Waals surface area (Å²) in [6.45, 7) is 2.49. The minimum absolute atomic E-state index is 0.415. The Labute approximate surface area is 114 Å². The highest BCUT2D eigenvalue weighted by molar-refractivity contribution is 7.98. The maximum Gasteiger partial charge on any atom is 0.213 e. The maximum atomic E-state index is 5.89. The third-order valence-corrected chi connectivity index (χ3v) is 2.97. The number of anilines is 1. The number of hydrogen-bond donors (Lipinski definition) is 1. The number of oxazole rings is 1. The van der Waals surface area contributed by atoms with Crippen LogP contribution in [0, 0.1) is 0 Å². The van der Waals surface area contributed by atoms with Gasteiger partial charge in [0.2, 0.25) is 5.89 Å². The van der Waals surface area contributed by atoms with E-state index >= 15 is 0 Å². The van der Waals surface area contributed by atoms with Crippen LogP contribution in [-0.4, -0.2) is 21.2 Å². The smallest absolute Gasteiger partial charge is 0.213 e. The van der Waals surface area contributed by atoms with Gasteiger partial charge in [0.05, 0.1) is 12.7 Å². The Hall–Kier alpha value is -1.27. The third-order valence-electron chi connectivity index (χ3n) is 2.23. The number of halogens is 1. The minimum atomic E-state index is 0.415. The first-order valence-corrected chi connectivity index (χ1v) is 7.07. The highest BCUT2D eigenvalue weighted by Crippen LogP contribution is 2.17. The molecule has 0 spiro atoms. The molecule has 0 aliphatic carbocycles. The van der Waals surface area contributed by atoms with Gasteiger partial charge < -0.3 is 9.73 Å². The minimum Gasteiger partial charge on any atom is -0.444 e. The van der Waals surface area contributed by atoms with Crippen molar-refractivity contribution in [3.05, 3.63) is 29.1 Å². The number of hydrogen-bond acceptors (Lipinski definition) is 6. The van der Waals surface area contributed by atoms with E-state index in [0.717, 1.165) is 12.2 Å². The largest absolute Gasteiger partial charge is 0.444 e. The Morgan fingerprint density at radius 1 is 1.44 bits per heavy atom. The Balaban J connectivity index is 2.03. The highest BCUT2D eigenvalue weighted by atomic mass is 35.5. The van der Waals surface area contributed by atoms with Crippen molar-refractivity contribution in [2.45, 2.75) is 25.0 Å². The molecule has 2 aromatic heterocycles. The molecule has 0 amide bonds. The maximum absolute atomic E-state index is 5.89. The Morgan fingerprint density at radius 2 is 2.28 bits per heavy atom. The molecule has 5 nitrogen and oxygen atoms in total. The van der Waals surface area contributed by atoms with Crippen molar-refractivity contribution in [1.29, 1.82) is 0 Å². The van der Waals surface area contributed by atoms with Gasteiger partial charge in [-0.05, 0) is 6.26 Å². The van der Waals surface area contributed by atoms with E-state index in [1.54, 1.807) is 12.3 Å². The molecule has 0 fully saturated rings. The van der Waals surface area contributed by atoms with E-state index in [1.165, 1.54) is 11.8 Å². The van der Waals surface area contributed by atoms with Crippen LogP contribution in [0.1, 0.15) is 18.6 Å². The lowest BCUT2D eigenvalue weighted by molar-refractivity contribution is 0.465. The quantitative estimate of drug-likeness (QED) is 0.517. The molecule has 0 bridgehead atoms. The monoisotopic (exact) mass is 284 g/mol. The molecular weight excluding hydrogens is 272 g/mol. The van der Waals surface area contributed by atoms with E-state index in [4.69, 9.17) is 16.0 Å². The van der Waals surface area contributed by atoms with Crippen molar-refractivity contribution >= 4 is 29.2 Å². The number of nitrogens with one attached hydrogen (secondary N) is 1. The normalized spacial score (nSPS) is 10.6. The van der Waals surface area contributed by atoms with Crippen LogP contribution >= 0.6 is 23.4 Å². The molecule has 0 saturated carbocycles. The molecule has 0 unspecified atom stereocenters. The molecule has 2 heterocycles. The first-order valence-electron chi connectivity index (χ1n) is 5.47. The molecule has 2 rings (SSSR count). The van der Waals surface area contributed by atoms with E-state index < -0.39 is 0 Å². The first kappa shape index (κ1) is 13.2. The van der Waals surface area contributed by atoms with Crippen molar-refractivity contribution in [2.24, 2.45) is 0 Å². The Morgan fingerprint density at radius 3 is 2.94 bits per heavy atom. The average molecular weight is 285 g/mol. The molecule has 0 aromatic carbocycles. The number of rotatable bonds is 5. The van der Waals surface area contributed by atoms with Gasteiger partial charge in [0, 0.05) is 12.5 Å². The molecule has 18 heavy (non-hydrogen) atoms. The van der Waals surface area contributed by atoms with Gasteiger partial charge in [0.15, 0.2) is 5.16 Å². The predicted octanol–water partition coefficient (Wildman–Crippen LogP) is 3.01. The molecule has 0 saturated heterocycles. The van der Waals surface area contributed by atoms with Crippen molar-refractivity contribution in [1.82, 2.24) is 15.0 Å². The number of aryl methyl sites for hydroxylation is 1. The molecule has 96 valence electrons. The Kier molecular flexibility index (Phi) is 4.43. The van der Waals surface area contributed by atoms with E-state index in [2.05, 4.69) is 20.3 Å². The van der Waals surface area contributed by atoms with Crippen LogP contribution in [0.3, 0.4) is 0 Å². The molecule has 7 heteroatoms. The zero-order valence-corrected chi connectivity index (χ0v) is 11.7. The number of aromatic nitrogens is 3. The fraction of sp³-hybridized carbons (Fsp3) is 0.364. The topological polar surface area (TPSA) is 63.8 Å². The third kappa shape index (κ3) is 3.36. The number of nitrogens with zero attached hydrogens (tertiary/aromatic N) is 3. The molecular formula is C11H13ClN4OS. The summed E-state index contributed by atoms with van der Waals surface area (Å²) in [5.41, 5.74) is 0. The van der Waals surface area contributed by atoms with E-state index in [0.29, 0.717) is 28.6 Å². The summed E-state index contributed by atoms with van der Waals surface area (Å²) in [5, 5.41) is 4.16. The van der Waals surface area contributed by atoms with Gasteiger partial charge in [-0.15, -0.1) is 0 Å². The molecule has 0 atom stereocenters. The van der Waals surface area contributed by atoms with Crippen LogP contribution in [0.2, 0.25) is 5.15 Å². The zero-order valence-electron chi connectivity index (χ0n) is 10.1. The lowest BCUT2D eigenvalue weighted by atomic mass is 10.4. The van der Waals surface area contributed by atoms with Gasteiger partial charge in [0.25, 0.3) is 0 Å². The summed E-state index contributed by atoms with van der Waals surface area (Å²) in [6.07, 6.45) is 4.47. The second-order valence-electron chi connectivity index (χ2n) is 3.49. The molecule has 1 N–H and O–H groups in total. The van der Waals surface area contributed by atoms with Crippen LogP contribution in [0.5, 0.6) is 0 Å². The lowest BCUT2D eigenvalue weighted by Crippen LogP contribution is -2.03. The van der Waals surface area contributed by atoms with Crippen LogP contribution in [0.15, 0.2) is 21.8 Å². The van der Waals surface area contributed by atoms with Crippen LogP contribution in [-0.2, 0) is 13.0 Å². The molecule has 2 aromatic rings. The van der Waals surface area contributed by atoms with Gasteiger partial charge in [0.1, 0.15) is 16.7 Å². The van der Waals surface area contributed by atoms with Gasteiger partial charge in [-0.3, -0.25) is 0 Å². The highest BCUT2D eigenvalue weighted by Gasteiger charge is 2.05. The molecule has 0 aliphatic rings. The van der Waals surface area contributed by atoms with Crippen LogP contribution < -0.4 is 5.32 Å². The Bertz CT molecular complexity index is 532. The van der Waals surface area contributed by atoms with Crippen LogP contribution in [0.4, 0.5) is 5.82 Å². The van der Waals surface area contributed by atoms with Gasteiger partial charge >= 0.3 is 0 Å². The summed E-state index contributed by atoms with van der Waals surface area (Å²) < 4.78 is 5.49. The van der Waals surface area contributed by atoms with E-state index in [-0.39, 0.29) is 0 Å². The fourth-order valence-electron chi connectivity index (χ4n) is 1.34. The lowest BCUT2D eigenvalue weighted by Gasteiger charge is -2.04. The summed E-state index contributed by atoms with van der Waals surface area (Å²) in [5.74, 6) is 2.17. The standard InChI is InChI=1S/C11H13ClN4OS/c1-3-7-5-14-10(17-7)6-13-9-4-8(12)15-11(16-9)18-2/h4-5H,3,6H2,1-2H3,(H,13,15,16). The number of thioether (sulfide) groups is 1.